The van der Waals surface area contributed by atoms with Crippen LogP contribution in [0.2, 0.25) is 0 Å². The van der Waals surface area contributed by atoms with Gasteiger partial charge in [-0.2, -0.15) is 0 Å². The van der Waals surface area contributed by atoms with E-state index in [9.17, 15) is 14.0 Å². The molecule has 0 fully saturated rings. The Hall–Kier alpha value is -3.50. The number of aliphatic carboxylic acids is 1. The number of halogens is 1. The molecule has 1 aromatic carbocycles. The molecule has 4 rings (SSSR count). The van der Waals surface area contributed by atoms with E-state index < -0.39 is 30.2 Å². The maximum atomic E-state index is 13.5. The van der Waals surface area contributed by atoms with Crippen molar-refractivity contribution in [3.05, 3.63) is 45.7 Å². The monoisotopic (exact) mass is 348 g/mol. The average molecular weight is 348 g/mol. The maximum absolute atomic E-state index is 13.5. The van der Waals surface area contributed by atoms with Gasteiger partial charge in [-0.1, -0.05) is 11.2 Å². The molecular weight excluding hydrogens is 339 g/mol. The fraction of sp³-hybridized carbons (Fsp3) is 0.214. The Labute approximate surface area is 137 Å². The normalized spacial score (nSPS) is 15.5. The number of carbonyl (C=O) groups is 1. The molecule has 1 unspecified atom stereocenters. The molecule has 25 heavy (non-hydrogen) atoms. The van der Waals surface area contributed by atoms with Gasteiger partial charge >= 0.3 is 11.7 Å². The van der Waals surface area contributed by atoms with E-state index in [4.69, 9.17) is 9.84 Å². The lowest BCUT2D eigenvalue weighted by molar-refractivity contribution is -0.139. The largest absolute Gasteiger partial charge is 0.479 e. The smallest absolute Gasteiger partial charge is 0.442 e. The first-order valence-electron chi connectivity index (χ1n) is 7.08. The Bertz CT molecular complexity index is 1020. The van der Waals surface area contributed by atoms with Crippen LogP contribution in [0.5, 0.6) is 5.88 Å². The van der Waals surface area contributed by atoms with Crippen molar-refractivity contribution >= 4 is 5.97 Å². The standard InChI is InChI=1S/C14H9FN4O6/c15-7-2-1-6-3-9(8(6)4-7)19-12(17-24-14(19)22)11-13(18-25-16-11)23-5-10(20)21/h1-2,4,9H,3,5H2,(H,20,21). The molecular formula is C14H9FN4O6. The van der Waals surface area contributed by atoms with Gasteiger partial charge in [0.1, 0.15) is 5.82 Å². The van der Waals surface area contributed by atoms with Crippen LogP contribution >= 0.6 is 0 Å². The Kier molecular flexibility index (Phi) is 3.34. The number of rotatable bonds is 5. The third kappa shape index (κ3) is 2.45. The van der Waals surface area contributed by atoms with Gasteiger partial charge in [-0.3, -0.25) is 4.52 Å². The van der Waals surface area contributed by atoms with Gasteiger partial charge in [0.05, 0.1) is 6.04 Å². The van der Waals surface area contributed by atoms with Crippen LogP contribution in [0.3, 0.4) is 0 Å². The molecule has 11 heteroatoms. The number of ether oxygens (including phenoxy) is 1. The highest BCUT2D eigenvalue weighted by Crippen LogP contribution is 2.38. The molecule has 0 aliphatic heterocycles. The van der Waals surface area contributed by atoms with E-state index in [1.165, 1.54) is 16.7 Å². The van der Waals surface area contributed by atoms with Crippen molar-refractivity contribution < 1.29 is 28.2 Å². The molecule has 0 saturated heterocycles. The van der Waals surface area contributed by atoms with Gasteiger partial charge in [0.2, 0.25) is 11.5 Å². The second kappa shape index (κ2) is 5.54. The van der Waals surface area contributed by atoms with E-state index >= 15 is 0 Å². The minimum Gasteiger partial charge on any atom is -0.479 e. The predicted molar refractivity (Wildman–Crippen MR) is 75.4 cm³/mol. The average Bonchev–Trinajstić information content (AvgIpc) is 3.16. The molecule has 2 aromatic heterocycles. The van der Waals surface area contributed by atoms with E-state index in [1.807, 2.05) is 0 Å². The number of aromatic nitrogens is 4. The summed E-state index contributed by atoms with van der Waals surface area (Å²) >= 11 is 0. The topological polar surface area (TPSA) is 133 Å². The maximum Gasteiger partial charge on any atom is 0.442 e. The molecule has 1 aliphatic rings. The summed E-state index contributed by atoms with van der Waals surface area (Å²) in [5, 5.41) is 19.4. The van der Waals surface area contributed by atoms with Gasteiger partial charge < -0.3 is 9.84 Å². The molecule has 0 bridgehead atoms. The zero-order chi connectivity index (χ0) is 17.6. The first-order chi connectivity index (χ1) is 12.0. The van der Waals surface area contributed by atoms with Gasteiger partial charge in [-0.25, -0.2) is 23.2 Å². The number of carboxylic acid groups (broad SMARTS) is 1. The van der Waals surface area contributed by atoms with Gasteiger partial charge in [0.15, 0.2) is 6.61 Å². The lowest BCUT2D eigenvalue weighted by atomic mass is 9.83. The molecule has 128 valence electrons. The Morgan fingerprint density at radius 3 is 3.04 bits per heavy atom. The Morgan fingerprint density at radius 1 is 1.40 bits per heavy atom. The molecule has 10 nitrogen and oxygen atoms in total. The van der Waals surface area contributed by atoms with Crippen LogP contribution in [0.1, 0.15) is 17.2 Å². The zero-order valence-electron chi connectivity index (χ0n) is 12.4. The molecule has 3 aromatic rings. The third-order valence-corrected chi connectivity index (χ3v) is 3.83. The van der Waals surface area contributed by atoms with Crippen molar-refractivity contribution in [2.24, 2.45) is 0 Å². The quantitative estimate of drug-likeness (QED) is 0.704. The van der Waals surface area contributed by atoms with Crippen molar-refractivity contribution in [1.82, 2.24) is 20.0 Å². The van der Waals surface area contributed by atoms with E-state index in [2.05, 4.69) is 24.6 Å². The lowest BCUT2D eigenvalue weighted by Crippen LogP contribution is -2.31. The molecule has 1 N–H and O–H groups in total. The number of benzene rings is 1. The van der Waals surface area contributed by atoms with Crippen molar-refractivity contribution in [2.45, 2.75) is 12.5 Å². The summed E-state index contributed by atoms with van der Waals surface area (Å²) in [6.45, 7) is -0.680. The first kappa shape index (κ1) is 15.1. The van der Waals surface area contributed by atoms with Crippen molar-refractivity contribution in [3.63, 3.8) is 0 Å². The molecule has 0 radical (unpaired) electrons. The van der Waals surface area contributed by atoms with Crippen LogP contribution < -0.4 is 10.5 Å². The Balaban J connectivity index is 1.74. The van der Waals surface area contributed by atoms with E-state index in [1.54, 1.807) is 6.07 Å². The van der Waals surface area contributed by atoms with Crippen LogP contribution in [-0.4, -0.2) is 37.7 Å². The van der Waals surface area contributed by atoms with Crippen molar-refractivity contribution in [3.8, 4) is 17.4 Å². The van der Waals surface area contributed by atoms with Crippen LogP contribution in [0.15, 0.2) is 32.1 Å². The van der Waals surface area contributed by atoms with Gasteiger partial charge in [0.25, 0.3) is 5.88 Å². The van der Waals surface area contributed by atoms with Crippen LogP contribution in [0.25, 0.3) is 11.5 Å². The number of hydrogen-bond acceptors (Lipinski definition) is 8. The van der Waals surface area contributed by atoms with Crippen molar-refractivity contribution in [1.29, 1.82) is 0 Å². The fourth-order valence-electron chi connectivity index (χ4n) is 2.71. The minimum atomic E-state index is -1.23. The second-order valence-corrected chi connectivity index (χ2v) is 5.31. The second-order valence-electron chi connectivity index (χ2n) is 5.31. The molecule has 0 saturated carbocycles. The van der Waals surface area contributed by atoms with Crippen LogP contribution in [0, 0.1) is 5.82 Å². The number of nitrogens with zero attached hydrogens (tertiary/aromatic N) is 4. The molecule has 0 amide bonds. The minimum absolute atomic E-state index is 0.0495. The number of fused-ring (bicyclic) bond motifs is 1. The Morgan fingerprint density at radius 2 is 2.24 bits per heavy atom. The summed E-state index contributed by atoms with van der Waals surface area (Å²) in [5.74, 6) is -2.73. The first-order valence-corrected chi connectivity index (χ1v) is 7.08. The summed E-state index contributed by atoms with van der Waals surface area (Å²) in [7, 11) is 0. The third-order valence-electron chi connectivity index (χ3n) is 3.83. The SMILES string of the molecule is O=C(O)COc1nonc1-c1noc(=O)n1C1Cc2ccc(F)cc21. The summed E-state index contributed by atoms with van der Waals surface area (Å²) < 4.78 is 28.8. The molecule has 2 heterocycles. The highest BCUT2D eigenvalue weighted by Gasteiger charge is 2.34. The van der Waals surface area contributed by atoms with E-state index in [0.717, 1.165) is 5.56 Å². The molecule has 0 spiro atoms. The molecule has 1 atom stereocenters. The predicted octanol–water partition coefficient (Wildman–Crippen LogP) is 0.634. The number of hydrogen-bond donors (Lipinski definition) is 1. The van der Waals surface area contributed by atoms with E-state index in [-0.39, 0.29) is 17.4 Å². The summed E-state index contributed by atoms with van der Waals surface area (Å²) in [4.78, 5) is 22.7. The van der Waals surface area contributed by atoms with E-state index in [0.29, 0.717) is 12.0 Å². The number of carboxylic acids is 1. The highest BCUT2D eigenvalue weighted by molar-refractivity contribution is 5.69. The summed E-state index contributed by atoms with van der Waals surface area (Å²) in [5.41, 5.74) is 1.43. The van der Waals surface area contributed by atoms with Gasteiger partial charge in [-0.05, 0) is 40.0 Å². The van der Waals surface area contributed by atoms with Crippen LogP contribution in [0.4, 0.5) is 4.39 Å². The lowest BCUT2D eigenvalue weighted by Gasteiger charge is -2.30. The highest BCUT2D eigenvalue weighted by atomic mass is 19.1. The summed E-state index contributed by atoms with van der Waals surface area (Å²) in [6, 6.07) is 3.81. The summed E-state index contributed by atoms with van der Waals surface area (Å²) in [6.07, 6.45) is 0.473. The van der Waals surface area contributed by atoms with Crippen LogP contribution in [-0.2, 0) is 11.2 Å². The van der Waals surface area contributed by atoms with Gasteiger partial charge in [0, 0.05) is 0 Å². The molecule has 1 aliphatic carbocycles. The van der Waals surface area contributed by atoms with Crippen molar-refractivity contribution in [2.75, 3.05) is 6.61 Å². The zero-order valence-corrected chi connectivity index (χ0v) is 12.4. The fourth-order valence-corrected chi connectivity index (χ4v) is 2.71. The van der Waals surface area contributed by atoms with Gasteiger partial charge in [-0.15, -0.1) is 0 Å².